The van der Waals surface area contributed by atoms with Gasteiger partial charge in [0.25, 0.3) is 0 Å². The smallest absolute Gasteiger partial charge is 0.317 e. The highest BCUT2D eigenvalue weighted by atomic mass is 16.3. The van der Waals surface area contributed by atoms with Gasteiger partial charge in [0.2, 0.25) is 0 Å². The largest absolute Gasteiger partial charge is 0.338 e. The third-order valence-electron chi connectivity index (χ3n) is 2.58. The van der Waals surface area contributed by atoms with Crippen molar-refractivity contribution in [2.45, 2.75) is 13.0 Å². The minimum atomic E-state index is -0.0242. The molecule has 1 saturated heterocycles. The van der Waals surface area contributed by atoms with Crippen LogP contribution in [-0.4, -0.2) is 24.0 Å². The number of carbonyl (C=O) groups excluding carboxylic acids is 1. The van der Waals surface area contributed by atoms with Crippen LogP contribution in [0, 0.1) is 4.91 Å². The van der Waals surface area contributed by atoms with Crippen LogP contribution in [0.4, 0.5) is 10.5 Å². The predicted octanol–water partition coefficient (Wildman–Crippen LogP) is 2.00. The fourth-order valence-electron chi connectivity index (χ4n) is 1.71. The number of nitrogens with zero attached hydrogens (tertiary/aromatic N) is 2. The number of hydrogen-bond donors (Lipinski definition) is 1. The molecule has 1 N–H and O–H groups in total. The third kappa shape index (κ3) is 2.36. The standard InChI is InChI=1S/C11H13N3O2/c15-11-12-6-1-7-14(11)8-9-2-4-10(13-16)5-3-9/h2-5H,1,6-8H2,(H,12,15). The molecule has 0 aromatic heterocycles. The molecule has 2 rings (SSSR count). The van der Waals surface area contributed by atoms with E-state index in [1.807, 2.05) is 12.1 Å². The second kappa shape index (κ2) is 4.74. The Balaban J connectivity index is 2.02. The van der Waals surface area contributed by atoms with Crippen LogP contribution in [0.25, 0.3) is 0 Å². The van der Waals surface area contributed by atoms with Crippen LogP contribution in [0.15, 0.2) is 29.4 Å². The van der Waals surface area contributed by atoms with E-state index < -0.39 is 0 Å². The Morgan fingerprint density at radius 1 is 1.31 bits per heavy atom. The zero-order chi connectivity index (χ0) is 11.4. The first kappa shape index (κ1) is 10.6. The second-order valence-corrected chi connectivity index (χ2v) is 3.76. The zero-order valence-corrected chi connectivity index (χ0v) is 8.85. The van der Waals surface area contributed by atoms with Gasteiger partial charge in [-0.3, -0.25) is 0 Å². The fraction of sp³-hybridized carbons (Fsp3) is 0.364. The van der Waals surface area contributed by atoms with Crippen molar-refractivity contribution in [2.75, 3.05) is 13.1 Å². The van der Waals surface area contributed by atoms with Crippen molar-refractivity contribution in [3.05, 3.63) is 34.7 Å². The van der Waals surface area contributed by atoms with Crippen LogP contribution < -0.4 is 5.32 Å². The minimum absolute atomic E-state index is 0.0242. The summed E-state index contributed by atoms with van der Waals surface area (Å²) in [7, 11) is 0. The van der Waals surface area contributed by atoms with Gasteiger partial charge in [0, 0.05) is 19.6 Å². The lowest BCUT2D eigenvalue weighted by molar-refractivity contribution is 0.183. The van der Waals surface area contributed by atoms with E-state index in [2.05, 4.69) is 10.5 Å². The van der Waals surface area contributed by atoms with Gasteiger partial charge in [0.05, 0.1) is 0 Å². The monoisotopic (exact) mass is 219 g/mol. The zero-order valence-electron chi connectivity index (χ0n) is 8.85. The SMILES string of the molecule is O=Nc1ccc(CN2CCCNC2=O)cc1. The number of rotatable bonds is 3. The third-order valence-corrected chi connectivity index (χ3v) is 2.58. The number of carbonyl (C=O) groups is 1. The average Bonchev–Trinajstić information content (AvgIpc) is 2.33. The quantitative estimate of drug-likeness (QED) is 0.790. The fourth-order valence-corrected chi connectivity index (χ4v) is 1.71. The molecule has 1 aromatic rings. The molecule has 16 heavy (non-hydrogen) atoms. The average molecular weight is 219 g/mol. The Morgan fingerprint density at radius 2 is 2.06 bits per heavy atom. The summed E-state index contributed by atoms with van der Waals surface area (Å²) >= 11 is 0. The molecule has 0 atom stereocenters. The number of urea groups is 1. The summed E-state index contributed by atoms with van der Waals surface area (Å²) in [5.41, 5.74) is 1.41. The molecule has 1 aromatic carbocycles. The van der Waals surface area contributed by atoms with Gasteiger partial charge in [0.1, 0.15) is 5.69 Å². The highest BCUT2D eigenvalue weighted by Gasteiger charge is 2.17. The first-order valence-electron chi connectivity index (χ1n) is 5.24. The maximum absolute atomic E-state index is 11.5. The van der Waals surface area contributed by atoms with Crippen LogP contribution in [0.3, 0.4) is 0 Å². The first-order valence-corrected chi connectivity index (χ1v) is 5.24. The molecule has 1 fully saturated rings. The lowest BCUT2D eigenvalue weighted by Gasteiger charge is -2.27. The van der Waals surface area contributed by atoms with Crippen molar-refractivity contribution >= 4 is 11.7 Å². The molecule has 0 spiro atoms. The van der Waals surface area contributed by atoms with Crippen LogP contribution in [0.1, 0.15) is 12.0 Å². The van der Waals surface area contributed by atoms with Crippen molar-refractivity contribution in [3.63, 3.8) is 0 Å². The molecule has 84 valence electrons. The second-order valence-electron chi connectivity index (χ2n) is 3.76. The molecule has 1 aliphatic rings. The Kier molecular flexibility index (Phi) is 3.14. The van der Waals surface area contributed by atoms with Crippen molar-refractivity contribution in [1.82, 2.24) is 10.2 Å². The maximum atomic E-state index is 11.5. The van der Waals surface area contributed by atoms with E-state index in [0.29, 0.717) is 12.2 Å². The molecule has 0 unspecified atom stereocenters. The molecular formula is C11H13N3O2. The van der Waals surface area contributed by atoms with Gasteiger partial charge in [-0.1, -0.05) is 12.1 Å². The summed E-state index contributed by atoms with van der Waals surface area (Å²) in [6, 6.07) is 6.93. The predicted molar refractivity (Wildman–Crippen MR) is 60.3 cm³/mol. The topological polar surface area (TPSA) is 61.8 Å². The number of hydrogen-bond acceptors (Lipinski definition) is 3. The van der Waals surface area contributed by atoms with Crippen molar-refractivity contribution in [2.24, 2.45) is 5.18 Å². The van der Waals surface area contributed by atoms with E-state index in [0.717, 1.165) is 25.1 Å². The van der Waals surface area contributed by atoms with Gasteiger partial charge < -0.3 is 10.2 Å². The van der Waals surface area contributed by atoms with Gasteiger partial charge in [-0.2, -0.15) is 0 Å². The number of amides is 2. The Bertz CT molecular complexity index is 389. The summed E-state index contributed by atoms with van der Waals surface area (Å²) in [4.78, 5) is 23.5. The van der Waals surface area contributed by atoms with E-state index in [4.69, 9.17) is 0 Å². The van der Waals surface area contributed by atoms with E-state index >= 15 is 0 Å². The first-order chi connectivity index (χ1) is 7.79. The van der Waals surface area contributed by atoms with Crippen LogP contribution in [0.5, 0.6) is 0 Å². The highest BCUT2D eigenvalue weighted by Crippen LogP contribution is 2.14. The Hall–Kier alpha value is -1.91. The van der Waals surface area contributed by atoms with Gasteiger partial charge >= 0.3 is 6.03 Å². The highest BCUT2D eigenvalue weighted by molar-refractivity contribution is 5.74. The summed E-state index contributed by atoms with van der Waals surface area (Å²) in [5, 5.41) is 5.62. The van der Waals surface area contributed by atoms with Crippen molar-refractivity contribution in [3.8, 4) is 0 Å². The maximum Gasteiger partial charge on any atom is 0.317 e. The minimum Gasteiger partial charge on any atom is -0.338 e. The van der Waals surface area contributed by atoms with E-state index in [1.165, 1.54) is 0 Å². The molecule has 5 nitrogen and oxygen atoms in total. The normalized spacial score (nSPS) is 15.8. The van der Waals surface area contributed by atoms with E-state index in [-0.39, 0.29) is 6.03 Å². The van der Waals surface area contributed by atoms with Crippen molar-refractivity contribution in [1.29, 1.82) is 0 Å². The summed E-state index contributed by atoms with van der Waals surface area (Å²) in [6.45, 7) is 2.10. The summed E-state index contributed by atoms with van der Waals surface area (Å²) in [5.74, 6) is 0. The van der Waals surface area contributed by atoms with Gasteiger partial charge in [-0.15, -0.1) is 4.91 Å². The molecule has 0 radical (unpaired) electrons. The molecule has 1 heterocycles. The van der Waals surface area contributed by atoms with Crippen LogP contribution in [0.2, 0.25) is 0 Å². The number of benzene rings is 1. The molecule has 0 saturated carbocycles. The van der Waals surface area contributed by atoms with E-state index in [9.17, 15) is 9.70 Å². The lowest BCUT2D eigenvalue weighted by atomic mass is 10.2. The number of nitroso groups, excluding NO2 is 1. The van der Waals surface area contributed by atoms with Gasteiger partial charge in [0.15, 0.2) is 0 Å². The molecule has 2 amide bonds. The van der Waals surface area contributed by atoms with Gasteiger partial charge in [-0.05, 0) is 29.3 Å². The van der Waals surface area contributed by atoms with Crippen LogP contribution >= 0.6 is 0 Å². The molecule has 5 heteroatoms. The molecular weight excluding hydrogens is 206 g/mol. The number of nitrogens with one attached hydrogen (secondary N) is 1. The Morgan fingerprint density at radius 3 is 2.69 bits per heavy atom. The van der Waals surface area contributed by atoms with E-state index in [1.54, 1.807) is 17.0 Å². The summed E-state index contributed by atoms with van der Waals surface area (Å²) < 4.78 is 0. The summed E-state index contributed by atoms with van der Waals surface area (Å²) in [6.07, 6.45) is 0.972. The molecule has 0 aliphatic carbocycles. The lowest BCUT2D eigenvalue weighted by Crippen LogP contribution is -2.45. The van der Waals surface area contributed by atoms with Crippen molar-refractivity contribution < 1.29 is 4.79 Å². The molecule has 0 bridgehead atoms. The molecule has 1 aliphatic heterocycles. The van der Waals surface area contributed by atoms with Crippen LogP contribution in [-0.2, 0) is 6.54 Å². The Labute approximate surface area is 93.4 Å². The van der Waals surface area contributed by atoms with Gasteiger partial charge in [-0.25, -0.2) is 4.79 Å².